The van der Waals surface area contributed by atoms with Crippen molar-refractivity contribution in [1.29, 1.82) is 0 Å². The Bertz CT molecular complexity index is 1050. The van der Waals surface area contributed by atoms with Gasteiger partial charge in [0.2, 0.25) is 0 Å². The number of benzene rings is 3. The summed E-state index contributed by atoms with van der Waals surface area (Å²) in [5, 5.41) is 5.41. The van der Waals surface area contributed by atoms with Crippen molar-refractivity contribution in [3.8, 4) is 5.75 Å². The Balaban J connectivity index is 1.63. The fourth-order valence-electron chi connectivity index (χ4n) is 3.07. The Morgan fingerprint density at radius 2 is 1.65 bits per heavy atom. The van der Waals surface area contributed by atoms with Crippen LogP contribution in [0.4, 0.5) is 10.1 Å². The van der Waals surface area contributed by atoms with Gasteiger partial charge in [-0.1, -0.05) is 55.5 Å². The molecule has 3 aromatic rings. The highest BCUT2D eigenvalue weighted by atomic mass is 19.1. The predicted octanol–water partition coefficient (Wildman–Crippen LogP) is 4.90. The molecule has 6 heteroatoms. The third-order valence-corrected chi connectivity index (χ3v) is 4.87. The van der Waals surface area contributed by atoms with Gasteiger partial charge in [-0.05, 0) is 48.7 Å². The molecule has 0 bridgehead atoms. The zero-order chi connectivity index (χ0) is 22.2. The van der Waals surface area contributed by atoms with E-state index in [0.717, 1.165) is 12.0 Å². The van der Waals surface area contributed by atoms with Crippen LogP contribution in [0.15, 0.2) is 72.8 Å². The molecule has 0 saturated carbocycles. The molecule has 0 saturated heterocycles. The van der Waals surface area contributed by atoms with E-state index in [0.29, 0.717) is 5.56 Å². The van der Waals surface area contributed by atoms with Crippen LogP contribution in [0.1, 0.15) is 41.4 Å². The number of aryl methyl sites for hydroxylation is 1. The number of hydrogen-bond donors (Lipinski definition) is 2. The fourth-order valence-corrected chi connectivity index (χ4v) is 3.07. The quantitative estimate of drug-likeness (QED) is 0.545. The van der Waals surface area contributed by atoms with Crippen molar-refractivity contribution < 1.29 is 18.7 Å². The first-order chi connectivity index (χ1) is 15.0. The Kier molecular flexibility index (Phi) is 7.38. The van der Waals surface area contributed by atoms with Crippen LogP contribution in [0.2, 0.25) is 0 Å². The average molecular weight is 420 g/mol. The number of halogens is 1. The lowest BCUT2D eigenvalue weighted by Crippen LogP contribution is -2.28. The smallest absolute Gasteiger partial charge is 0.262 e. The molecule has 0 spiro atoms. The maximum absolute atomic E-state index is 13.7. The summed E-state index contributed by atoms with van der Waals surface area (Å²) in [7, 11) is 0. The van der Waals surface area contributed by atoms with Crippen LogP contribution >= 0.6 is 0 Å². The van der Waals surface area contributed by atoms with Crippen molar-refractivity contribution in [2.75, 3.05) is 11.9 Å². The van der Waals surface area contributed by atoms with Crippen molar-refractivity contribution in [1.82, 2.24) is 5.32 Å². The monoisotopic (exact) mass is 420 g/mol. The predicted molar refractivity (Wildman–Crippen MR) is 119 cm³/mol. The number of carbonyl (C=O) groups is 2. The van der Waals surface area contributed by atoms with Crippen molar-refractivity contribution in [3.05, 3.63) is 95.3 Å². The molecule has 3 rings (SSSR count). The minimum atomic E-state index is -0.531. The van der Waals surface area contributed by atoms with E-state index in [4.69, 9.17) is 4.74 Å². The molecule has 1 atom stereocenters. The second-order valence-corrected chi connectivity index (χ2v) is 7.10. The Morgan fingerprint density at radius 1 is 0.968 bits per heavy atom. The molecule has 31 heavy (non-hydrogen) atoms. The lowest BCUT2D eigenvalue weighted by molar-refractivity contribution is -0.118. The third kappa shape index (κ3) is 5.92. The van der Waals surface area contributed by atoms with Gasteiger partial charge in [0.1, 0.15) is 11.6 Å². The minimum Gasteiger partial charge on any atom is -0.483 e. The van der Waals surface area contributed by atoms with Crippen LogP contribution in [0, 0.1) is 5.82 Å². The molecule has 0 heterocycles. The topological polar surface area (TPSA) is 67.4 Å². The van der Waals surface area contributed by atoms with Crippen molar-refractivity contribution >= 4 is 17.5 Å². The van der Waals surface area contributed by atoms with Crippen LogP contribution in [0.25, 0.3) is 0 Å². The molecule has 1 unspecified atom stereocenters. The largest absolute Gasteiger partial charge is 0.483 e. The first-order valence-corrected chi connectivity index (χ1v) is 10.1. The molecule has 2 N–H and O–H groups in total. The molecular weight excluding hydrogens is 395 g/mol. The Morgan fingerprint density at radius 3 is 2.35 bits per heavy atom. The summed E-state index contributed by atoms with van der Waals surface area (Å²) >= 11 is 0. The van der Waals surface area contributed by atoms with E-state index in [2.05, 4.69) is 17.6 Å². The highest BCUT2D eigenvalue weighted by Gasteiger charge is 2.16. The molecular formula is C25H25FN2O3. The number of anilines is 1. The number of ether oxygens (including phenoxy) is 1. The van der Waals surface area contributed by atoms with Crippen molar-refractivity contribution in [2.45, 2.75) is 26.3 Å². The summed E-state index contributed by atoms with van der Waals surface area (Å²) in [6, 6.07) is 20.5. The standard InChI is InChI=1S/C25H25FN2O3/c1-3-18-12-14-19(15-13-18)17(2)27-25(30)20-8-4-7-11-23(20)31-16-24(29)28-22-10-6-5-9-21(22)26/h4-15,17H,3,16H2,1-2H3,(H,27,30)(H,28,29). The van der Waals surface area contributed by atoms with Crippen LogP contribution < -0.4 is 15.4 Å². The molecule has 0 aliphatic heterocycles. The van der Waals surface area contributed by atoms with E-state index in [1.807, 2.05) is 31.2 Å². The summed E-state index contributed by atoms with van der Waals surface area (Å²) < 4.78 is 19.2. The molecule has 0 aliphatic carbocycles. The molecule has 0 fully saturated rings. The van der Waals surface area contributed by atoms with Crippen molar-refractivity contribution in [3.63, 3.8) is 0 Å². The summed E-state index contributed by atoms with van der Waals surface area (Å²) in [6.07, 6.45) is 0.955. The number of hydrogen-bond acceptors (Lipinski definition) is 3. The molecule has 5 nitrogen and oxygen atoms in total. The first-order valence-electron chi connectivity index (χ1n) is 10.1. The van der Waals surface area contributed by atoms with Gasteiger partial charge in [0.15, 0.2) is 6.61 Å². The van der Waals surface area contributed by atoms with Gasteiger partial charge in [-0.3, -0.25) is 9.59 Å². The summed E-state index contributed by atoms with van der Waals surface area (Å²) in [5.74, 6) is -1.09. The SMILES string of the molecule is CCc1ccc(C(C)NC(=O)c2ccccc2OCC(=O)Nc2ccccc2F)cc1. The van der Waals surface area contributed by atoms with E-state index in [-0.39, 0.29) is 30.0 Å². The van der Waals surface area contributed by atoms with Crippen LogP contribution in [0.5, 0.6) is 5.75 Å². The molecule has 160 valence electrons. The first kappa shape index (κ1) is 22.0. The Hall–Kier alpha value is -3.67. The second kappa shape index (κ2) is 10.4. The normalized spacial score (nSPS) is 11.5. The van der Waals surface area contributed by atoms with E-state index in [9.17, 15) is 14.0 Å². The second-order valence-electron chi connectivity index (χ2n) is 7.10. The molecule has 3 aromatic carbocycles. The lowest BCUT2D eigenvalue weighted by atomic mass is 10.0. The zero-order valence-electron chi connectivity index (χ0n) is 17.5. The third-order valence-electron chi connectivity index (χ3n) is 4.87. The van der Waals surface area contributed by atoms with Gasteiger partial charge >= 0.3 is 0 Å². The molecule has 0 radical (unpaired) electrons. The highest BCUT2D eigenvalue weighted by molar-refractivity contribution is 5.97. The van der Waals surface area contributed by atoms with E-state index < -0.39 is 11.7 Å². The number of amides is 2. The van der Waals surface area contributed by atoms with Gasteiger partial charge in [-0.15, -0.1) is 0 Å². The van der Waals surface area contributed by atoms with Gasteiger partial charge in [-0.25, -0.2) is 4.39 Å². The van der Waals surface area contributed by atoms with Crippen LogP contribution in [-0.4, -0.2) is 18.4 Å². The lowest BCUT2D eigenvalue weighted by Gasteiger charge is -2.17. The number of carbonyl (C=O) groups excluding carboxylic acids is 2. The van der Waals surface area contributed by atoms with E-state index in [1.165, 1.54) is 23.8 Å². The fraction of sp³-hybridized carbons (Fsp3) is 0.200. The summed E-state index contributed by atoms with van der Waals surface area (Å²) in [5.41, 5.74) is 2.62. The van der Waals surface area contributed by atoms with Gasteiger partial charge in [0.25, 0.3) is 11.8 Å². The zero-order valence-corrected chi connectivity index (χ0v) is 17.5. The van der Waals surface area contributed by atoms with Gasteiger partial charge in [-0.2, -0.15) is 0 Å². The average Bonchev–Trinajstić information content (AvgIpc) is 2.79. The van der Waals surface area contributed by atoms with Crippen LogP contribution in [-0.2, 0) is 11.2 Å². The maximum Gasteiger partial charge on any atom is 0.262 e. The number of rotatable bonds is 8. The molecule has 0 aliphatic rings. The van der Waals surface area contributed by atoms with Crippen LogP contribution in [0.3, 0.4) is 0 Å². The number of para-hydroxylation sites is 2. The summed E-state index contributed by atoms with van der Waals surface area (Å²) in [4.78, 5) is 24.9. The van der Waals surface area contributed by atoms with E-state index >= 15 is 0 Å². The molecule has 2 amide bonds. The molecule has 0 aromatic heterocycles. The summed E-state index contributed by atoms with van der Waals surface area (Å²) in [6.45, 7) is 3.64. The Labute approximate surface area is 181 Å². The van der Waals surface area contributed by atoms with Gasteiger partial charge in [0, 0.05) is 0 Å². The maximum atomic E-state index is 13.7. The van der Waals surface area contributed by atoms with Crippen molar-refractivity contribution in [2.24, 2.45) is 0 Å². The minimum absolute atomic E-state index is 0.0741. The van der Waals surface area contributed by atoms with E-state index in [1.54, 1.807) is 30.3 Å². The number of nitrogens with one attached hydrogen (secondary N) is 2. The highest BCUT2D eigenvalue weighted by Crippen LogP contribution is 2.21. The van der Waals surface area contributed by atoms with Gasteiger partial charge in [0.05, 0.1) is 17.3 Å². The van der Waals surface area contributed by atoms with Gasteiger partial charge < -0.3 is 15.4 Å².